The highest BCUT2D eigenvalue weighted by Crippen LogP contribution is 2.31. The lowest BCUT2D eigenvalue weighted by molar-refractivity contribution is -0.152. The summed E-state index contributed by atoms with van der Waals surface area (Å²) < 4.78 is 11.2. The lowest BCUT2D eigenvalue weighted by Crippen LogP contribution is -2.53. The standard InChI is InChI=1S/C19H28N2O4/c1-24-14-18(23)21-11-12-25-17(13-20-9-7-16(22)8-10-20)19(21)15-5-3-2-4-6-15/h2-6,16-17,19,22H,7-14H2,1H3/t17-,19-/m0/s1. The molecule has 0 unspecified atom stereocenters. The number of ether oxygens (including phenoxy) is 2. The van der Waals surface area contributed by atoms with Gasteiger partial charge in [0, 0.05) is 33.3 Å². The van der Waals surface area contributed by atoms with Crippen molar-refractivity contribution in [2.75, 3.05) is 46.5 Å². The Kier molecular flexibility index (Phi) is 6.42. The number of nitrogens with zero attached hydrogens (tertiary/aromatic N) is 2. The van der Waals surface area contributed by atoms with E-state index in [4.69, 9.17) is 9.47 Å². The molecule has 1 N–H and O–H groups in total. The number of carbonyl (C=O) groups excluding carboxylic acids is 1. The van der Waals surface area contributed by atoms with E-state index in [0.29, 0.717) is 13.2 Å². The van der Waals surface area contributed by atoms with E-state index in [9.17, 15) is 9.90 Å². The molecule has 0 spiro atoms. The van der Waals surface area contributed by atoms with Crippen molar-refractivity contribution < 1.29 is 19.4 Å². The molecule has 3 rings (SSSR count). The second-order valence-electron chi connectivity index (χ2n) is 6.82. The van der Waals surface area contributed by atoms with Crippen LogP contribution in [0.15, 0.2) is 30.3 Å². The Balaban J connectivity index is 1.78. The third kappa shape index (κ3) is 4.58. The molecule has 0 bridgehead atoms. The van der Waals surface area contributed by atoms with Crippen LogP contribution in [0.25, 0.3) is 0 Å². The first-order valence-electron chi connectivity index (χ1n) is 9.04. The molecular weight excluding hydrogens is 320 g/mol. The van der Waals surface area contributed by atoms with Gasteiger partial charge >= 0.3 is 0 Å². The molecule has 0 radical (unpaired) electrons. The van der Waals surface area contributed by atoms with Gasteiger partial charge in [-0.2, -0.15) is 0 Å². The molecule has 1 amide bonds. The average Bonchev–Trinajstić information content (AvgIpc) is 2.64. The summed E-state index contributed by atoms with van der Waals surface area (Å²) in [6.07, 6.45) is 1.34. The summed E-state index contributed by atoms with van der Waals surface area (Å²) in [5.41, 5.74) is 1.09. The second-order valence-corrected chi connectivity index (χ2v) is 6.82. The number of piperidine rings is 1. The number of methoxy groups -OCH3 is 1. The predicted octanol–water partition coefficient (Wildman–Crippen LogP) is 1.06. The molecule has 138 valence electrons. The van der Waals surface area contributed by atoms with Crippen molar-refractivity contribution >= 4 is 5.91 Å². The van der Waals surface area contributed by atoms with E-state index < -0.39 is 0 Å². The molecule has 1 aromatic rings. The normalized spacial score (nSPS) is 25.9. The highest BCUT2D eigenvalue weighted by atomic mass is 16.5. The van der Waals surface area contributed by atoms with Crippen LogP contribution in [-0.4, -0.2) is 79.5 Å². The van der Waals surface area contributed by atoms with Gasteiger partial charge < -0.3 is 24.4 Å². The number of rotatable bonds is 5. The molecule has 25 heavy (non-hydrogen) atoms. The van der Waals surface area contributed by atoms with Crippen LogP contribution < -0.4 is 0 Å². The van der Waals surface area contributed by atoms with Crippen LogP contribution in [0.2, 0.25) is 0 Å². The molecule has 2 saturated heterocycles. The Labute approximate surface area is 149 Å². The molecule has 0 aliphatic carbocycles. The maximum absolute atomic E-state index is 12.6. The van der Waals surface area contributed by atoms with Crippen molar-refractivity contribution in [3.63, 3.8) is 0 Å². The number of morpholine rings is 1. The summed E-state index contributed by atoms with van der Waals surface area (Å²) in [5.74, 6) is -0.00119. The van der Waals surface area contributed by atoms with Gasteiger partial charge in [0.25, 0.3) is 0 Å². The zero-order valence-corrected chi connectivity index (χ0v) is 14.8. The topological polar surface area (TPSA) is 62.2 Å². The first kappa shape index (κ1) is 18.3. The maximum Gasteiger partial charge on any atom is 0.249 e. The van der Waals surface area contributed by atoms with E-state index in [0.717, 1.165) is 38.0 Å². The second kappa shape index (κ2) is 8.76. The van der Waals surface area contributed by atoms with Gasteiger partial charge in [-0.1, -0.05) is 30.3 Å². The average molecular weight is 348 g/mol. The van der Waals surface area contributed by atoms with Gasteiger partial charge in [0.2, 0.25) is 5.91 Å². The van der Waals surface area contributed by atoms with Crippen molar-refractivity contribution in [1.82, 2.24) is 9.80 Å². The summed E-state index contributed by atoms with van der Waals surface area (Å²) in [6.45, 7) is 3.72. The van der Waals surface area contributed by atoms with Crippen molar-refractivity contribution in [2.24, 2.45) is 0 Å². The van der Waals surface area contributed by atoms with E-state index in [-0.39, 0.29) is 30.8 Å². The lowest BCUT2D eigenvalue weighted by Gasteiger charge is -2.44. The van der Waals surface area contributed by atoms with Crippen molar-refractivity contribution in [3.05, 3.63) is 35.9 Å². The van der Waals surface area contributed by atoms with Crippen LogP contribution in [0.3, 0.4) is 0 Å². The van der Waals surface area contributed by atoms with E-state index >= 15 is 0 Å². The Morgan fingerprint density at radius 2 is 1.96 bits per heavy atom. The van der Waals surface area contributed by atoms with E-state index in [1.165, 1.54) is 0 Å². The van der Waals surface area contributed by atoms with Gasteiger partial charge in [0.15, 0.2) is 0 Å². The minimum absolute atomic E-state index is 0.00119. The number of likely N-dealkylation sites (tertiary alicyclic amines) is 1. The fourth-order valence-electron chi connectivity index (χ4n) is 3.77. The van der Waals surface area contributed by atoms with Crippen LogP contribution in [0.1, 0.15) is 24.4 Å². The first-order valence-corrected chi connectivity index (χ1v) is 9.04. The molecule has 0 saturated carbocycles. The van der Waals surface area contributed by atoms with E-state index in [2.05, 4.69) is 17.0 Å². The maximum atomic E-state index is 12.6. The number of benzene rings is 1. The Morgan fingerprint density at radius 1 is 1.24 bits per heavy atom. The number of aliphatic hydroxyl groups is 1. The fraction of sp³-hybridized carbons (Fsp3) is 0.632. The number of hydrogen-bond acceptors (Lipinski definition) is 5. The van der Waals surface area contributed by atoms with Gasteiger partial charge in [0.05, 0.1) is 24.9 Å². The third-order valence-electron chi connectivity index (χ3n) is 5.08. The summed E-state index contributed by atoms with van der Waals surface area (Å²) in [5, 5.41) is 9.71. The van der Waals surface area contributed by atoms with Gasteiger partial charge in [0.1, 0.15) is 6.61 Å². The third-order valence-corrected chi connectivity index (χ3v) is 5.08. The molecule has 2 heterocycles. The number of amides is 1. The van der Waals surface area contributed by atoms with Gasteiger partial charge in [-0.25, -0.2) is 0 Å². The van der Waals surface area contributed by atoms with Crippen LogP contribution in [0, 0.1) is 0 Å². The SMILES string of the molecule is COCC(=O)N1CCO[C@@H](CN2CCC(O)CC2)[C@@H]1c1ccccc1. The summed E-state index contributed by atoms with van der Waals surface area (Å²) in [6, 6.07) is 9.98. The van der Waals surface area contributed by atoms with E-state index in [1.54, 1.807) is 7.11 Å². The van der Waals surface area contributed by atoms with Gasteiger partial charge in [-0.05, 0) is 18.4 Å². The minimum Gasteiger partial charge on any atom is -0.393 e. The molecule has 6 nitrogen and oxygen atoms in total. The van der Waals surface area contributed by atoms with Gasteiger partial charge in [-0.15, -0.1) is 0 Å². The molecule has 0 aromatic heterocycles. The fourth-order valence-corrected chi connectivity index (χ4v) is 3.77. The smallest absolute Gasteiger partial charge is 0.249 e. The predicted molar refractivity (Wildman–Crippen MR) is 94.2 cm³/mol. The number of aliphatic hydroxyl groups excluding tert-OH is 1. The monoisotopic (exact) mass is 348 g/mol. The minimum atomic E-state index is -0.187. The summed E-state index contributed by atoms with van der Waals surface area (Å²) in [4.78, 5) is 16.8. The van der Waals surface area contributed by atoms with Crippen molar-refractivity contribution in [2.45, 2.75) is 31.1 Å². The largest absolute Gasteiger partial charge is 0.393 e. The van der Waals surface area contributed by atoms with Crippen LogP contribution in [0.5, 0.6) is 0 Å². The quantitative estimate of drug-likeness (QED) is 0.862. The molecule has 2 atom stereocenters. The number of hydrogen-bond donors (Lipinski definition) is 1. The van der Waals surface area contributed by atoms with Crippen molar-refractivity contribution in [3.8, 4) is 0 Å². The summed E-state index contributed by atoms with van der Waals surface area (Å²) in [7, 11) is 1.55. The highest BCUT2D eigenvalue weighted by molar-refractivity contribution is 5.78. The van der Waals surface area contributed by atoms with Crippen LogP contribution in [0.4, 0.5) is 0 Å². The number of carbonyl (C=O) groups is 1. The molecule has 6 heteroatoms. The molecule has 2 fully saturated rings. The zero-order valence-electron chi connectivity index (χ0n) is 14.8. The molecule has 2 aliphatic heterocycles. The first-order chi connectivity index (χ1) is 12.2. The molecule has 1 aromatic carbocycles. The van der Waals surface area contributed by atoms with Crippen LogP contribution >= 0.6 is 0 Å². The van der Waals surface area contributed by atoms with Crippen LogP contribution in [-0.2, 0) is 14.3 Å². The Bertz CT molecular complexity index is 546. The van der Waals surface area contributed by atoms with Crippen molar-refractivity contribution in [1.29, 1.82) is 0 Å². The summed E-state index contributed by atoms with van der Waals surface area (Å²) >= 11 is 0. The Hall–Kier alpha value is -1.47. The van der Waals surface area contributed by atoms with Gasteiger partial charge in [-0.3, -0.25) is 4.79 Å². The molecular formula is C19H28N2O4. The lowest BCUT2D eigenvalue weighted by atomic mass is 9.96. The highest BCUT2D eigenvalue weighted by Gasteiger charge is 2.37. The molecule has 2 aliphatic rings. The Morgan fingerprint density at radius 3 is 2.64 bits per heavy atom. The van der Waals surface area contributed by atoms with E-state index in [1.807, 2.05) is 23.1 Å². The zero-order chi connectivity index (χ0) is 17.6.